The molecule has 2 rings (SSSR count). The molecule has 0 saturated carbocycles. The third-order valence-corrected chi connectivity index (χ3v) is 3.38. The molecule has 0 aromatic heterocycles. The fourth-order valence-electron chi connectivity index (χ4n) is 2.32. The van der Waals surface area contributed by atoms with Crippen LogP contribution in [-0.2, 0) is 4.79 Å². The first kappa shape index (κ1) is 13.6. The molecule has 1 aliphatic heterocycles. The Morgan fingerprint density at radius 3 is 3.16 bits per heavy atom. The molecule has 4 heteroatoms. The molecule has 1 aliphatic rings. The lowest BCUT2D eigenvalue weighted by Gasteiger charge is -2.21. The Hall–Kier alpha value is -1.81. The van der Waals surface area contributed by atoms with Crippen LogP contribution in [0.15, 0.2) is 30.3 Å². The predicted molar refractivity (Wildman–Crippen MR) is 73.8 cm³/mol. The van der Waals surface area contributed by atoms with E-state index in [1.54, 1.807) is 24.2 Å². The first-order chi connectivity index (χ1) is 9.24. The van der Waals surface area contributed by atoms with Gasteiger partial charge in [-0.2, -0.15) is 0 Å². The van der Waals surface area contributed by atoms with Crippen LogP contribution >= 0.6 is 0 Å². The third-order valence-electron chi connectivity index (χ3n) is 3.38. The summed E-state index contributed by atoms with van der Waals surface area (Å²) in [5.41, 5.74) is 0.924. The van der Waals surface area contributed by atoms with Crippen LogP contribution in [-0.4, -0.2) is 42.2 Å². The lowest BCUT2D eigenvalue weighted by molar-refractivity contribution is -0.127. The number of carbonyl (C=O) groups excluding carboxylic acids is 1. The number of nitrogens with zero attached hydrogens (tertiary/aromatic N) is 1. The second-order valence-corrected chi connectivity index (χ2v) is 4.62. The van der Waals surface area contributed by atoms with Gasteiger partial charge >= 0.3 is 0 Å². The minimum Gasteiger partial charge on any atom is -0.497 e. The van der Waals surface area contributed by atoms with E-state index in [9.17, 15) is 9.90 Å². The Kier molecular flexibility index (Phi) is 4.58. The Balaban J connectivity index is 2.03. The number of amides is 1. The molecule has 0 radical (unpaired) electrons. The highest BCUT2D eigenvalue weighted by Gasteiger charge is 2.26. The maximum absolute atomic E-state index is 12.0. The first-order valence-corrected chi connectivity index (χ1v) is 6.48. The summed E-state index contributed by atoms with van der Waals surface area (Å²) in [4.78, 5) is 13.8. The van der Waals surface area contributed by atoms with E-state index in [1.807, 2.05) is 24.3 Å². The zero-order valence-corrected chi connectivity index (χ0v) is 11.1. The normalized spacial score (nSPS) is 19.1. The number of methoxy groups -OCH3 is 1. The highest BCUT2D eigenvalue weighted by molar-refractivity contribution is 5.92. The number of hydrogen-bond donors (Lipinski definition) is 1. The van der Waals surface area contributed by atoms with E-state index < -0.39 is 0 Å². The molecule has 1 unspecified atom stereocenters. The SMILES string of the molecule is COc1cccc(/C=C/C(=O)N2CCCC2CO)c1. The highest BCUT2D eigenvalue weighted by Crippen LogP contribution is 2.18. The predicted octanol–water partition coefficient (Wildman–Crippen LogP) is 1.69. The van der Waals surface area contributed by atoms with Gasteiger partial charge in [-0.15, -0.1) is 0 Å². The van der Waals surface area contributed by atoms with Crippen molar-refractivity contribution in [3.8, 4) is 5.75 Å². The van der Waals surface area contributed by atoms with Crippen molar-refractivity contribution in [2.75, 3.05) is 20.3 Å². The topological polar surface area (TPSA) is 49.8 Å². The Morgan fingerprint density at radius 2 is 2.42 bits per heavy atom. The minimum absolute atomic E-state index is 0.0255. The monoisotopic (exact) mass is 261 g/mol. The third kappa shape index (κ3) is 3.35. The summed E-state index contributed by atoms with van der Waals surface area (Å²) >= 11 is 0. The number of benzene rings is 1. The Morgan fingerprint density at radius 1 is 1.58 bits per heavy atom. The molecule has 1 amide bonds. The van der Waals surface area contributed by atoms with Gasteiger partial charge in [0.2, 0.25) is 5.91 Å². The van der Waals surface area contributed by atoms with Crippen molar-refractivity contribution in [1.29, 1.82) is 0 Å². The van der Waals surface area contributed by atoms with Crippen molar-refractivity contribution in [2.24, 2.45) is 0 Å². The van der Waals surface area contributed by atoms with Crippen molar-refractivity contribution in [3.63, 3.8) is 0 Å². The molecule has 0 spiro atoms. The summed E-state index contributed by atoms with van der Waals surface area (Å²) in [6.45, 7) is 0.769. The standard InChI is InChI=1S/C15H19NO3/c1-19-14-6-2-4-12(10-14)7-8-15(18)16-9-3-5-13(16)11-17/h2,4,6-8,10,13,17H,3,5,9,11H2,1H3/b8-7+. The van der Waals surface area contributed by atoms with Gasteiger partial charge in [-0.1, -0.05) is 12.1 Å². The van der Waals surface area contributed by atoms with Gasteiger partial charge in [0.25, 0.3) is 0 Å². The molecule has 102 valence electrons. The van der Waals surface area contributed by atoms with E-state index in [0.717, 1.165) is 30.7 Å². The average Bonchev–Trinajstić information content (AvgIpc) is 2.93. The quantitative estimate of drug-likeness (QED) is 0.839. The van der Waals surface area contributed by atoms with Gasteiger partial charge in [-0.05, 0) is 36.6 Å². The van der Waals surface area contributed by atoms with E-state index in [-0.39, 0.29) is 18.6 Å². The molecule has 1 aromatic carbocycles. The zero-order valence-electron chi connectivity index (χ0n) is 11.1. The Bertz CT molecular complexity index is 470. The molecule has 4 nitrogen and oxygen atoms in total. The van der Waals surface area contributed by atoms with Gasteiger partial charge in [-0.3, -0.25) is 4.79 Å². The van der Waals surface area contributed by atoms with Crippen molar-refractivity contribution >= 4 is 12.0 Å². The number of likely N-dealkylation sites (tertiary alicyclic amines) is 1. The molecule has 19 heavy (non-hydrogen) atoms. The maximum atomic E-state index is 12.0. The van der Waals surface area contributed by atoms with Crippen LogP contribution in [0.1, 0.15) is 18.4 Å². The summed E-state index contributed by atoms with van der Waals surface area (Å²) in [7, 11) is 1.62. The van der Waals surface area contributed by atoms with Crippen LogP contribution in [0.2, 0.25) is 0 Å². The lowest BCUT2D eigenvalue weighted by atomic mass is 10.2. The molecule has 1 fully saturated rings. The molecule has 0 aliphatic carbocycles. The molecule has 0 bridgehead atoms. The molecule has 1 heterocycles. The van der Waals surface area contributed by atoms with Crippen molar-refractivity contribution in [1.82, 2.24) is 4.90 Å². The van der Waals surface area contributed by atoms with Gasteiger partial charge in [-0.25, -0.2) is 0 Å². The minimum atomic E-state index is -0.0423. The summed E-state index contributed by atoms with van der Waals surface area (Å²) in [5.74, 6) is 0.725. The lowest BCUT2D eigenvalue weighted by Crippen LogP contribution is -2.36. The fourth-order valence-corrected chi connectivity index (χ4v) is 2.32. The molecule has 1 atom stereocenters. The number of aliphatic hydroxyl groups is 1. The second-order valence-electron chi connectivity index (χ2n) is 4.62. The molecule has 1 aromatic rings. The van der Waals surface area contributed by atoms with E-state index in [4.69, 9.17) is 4.74 Å². The van der Waals surface area contributed by atoms with Crippen LogP contribution in [0.4, 0.5) is 0 Å². The van der Waals surface area contributed by atoms with Crippen LogP contribution in [0.25, 0.3) is 6.08 Å². The van der Waals surface area contributed by atoms with Crippen LogP contribution in [0.5, 0.6) is 5.75 Å². The summed E-state index contributed by atoms with van der Waals surface area (Å²) < 4.78 is 5.13. The van der Waals surface area contributed by atoms with Crippen molar-refractivity contribution < 1.29 is 14.6 Å². The van der Waals surface area contributed by atoms with E-state index in [0.29, 0.717) is 0 Å². The second kappa shape index (κ2) is 6.38. The number of aliphatic hydroxyl groups excluding tert-OH is 1. The van der Waals surface area contributed by atoms with Gasteiger partial charge in [0, 0.05) is 12.6 Å². The summed E-state index contributed by atoms with van der Waals surface area (Å²) in [6.07, 6.45) is 5.18. The number of carbonyl (C=O) groups is 1. The van der Waals surface area contributed by atoms with Crippen LogP contribution < -0.4 is 4.74 Å². The van der Waals surface area contributed by atoms with Crippen molar-refractivity contribution in [2.45, 2.75) is 18.9 Å². The van der Waals surface area contributed by atoms with E-state index in [2.05, 4.69) is 0 Å². The van der Waals surface area contributed by atoms with Gasteiger partial charge < -0.3 is 14.7 Å². The summed E-state index contributed by atoms with van der Waals surface area (Å²) in [6, 6.07) is 7.51. The molecule has 1 saturated heterocycles. The summed E-state index contributed by atoms with van der Waals surface area (Å²) in [5, 5.41) is 9.20. The highest BCUT2D eigenvalue weighted by atomic mass is 16.5. The van der Waals surface area contributed by atoms with Crippen LogP contribution in [0.3, 0.4) is 0 Å². The maximum Gasteiger partial charge on any atom is 0.246 e. The molecule has 1 N–H and O–H groups in total. The van der Waals surface area contributed by atoms with Gasteiger partial charge in [0.05, 0.1) is 19.8 Å². The van der Waals surface area contributed by atoms with E-state index in [1.165, 1.54) is 0 Å². The molecular formula is C15H19NO3. The average molecular weight is 261 g/mol. The number of rotatable bonds is 4. The largest absolute Gasteiger partial charge is 0.497 e. The van der Waals surface area contributed by atoms with Gasteiger partial charge in [0.1, 0.15) is 5.75 Å². The fraction of sp³-hybridized carbons (Fsp3) is 0.400. The molecular weight excluding hydrogens is 242 g/mol. The van der Waals surface area contributed by atoms with Gasteiger partial charge in [0.15, 0.2) is 0 Å². The number of ether oxygens (including phenoxy) is 1. The van der Waals surface area contributed by atoms with Crippen LogP contribution in [0, 0.1) is 0 Å². The smallest absolute Gasteiger partial charge is 0.246 e. The Labute approximate surface area is 113 Å². The van der Waals surface area contributed by atoms with Crippen molar-refractivity contribution in [3.05, 3.63) is 35.9 Å². The van der Waals surface area contributed by atoms with E-state index >= 15 is 0 Å². The number of hydrogen-bond acceptors (Lipinski definition) is 3. The zero-order chi connectivity index (χ0) is 13.7. The first-order valence-electron chi connectivity index (χ1n) is 6.48.